The second-order valence-electron chi connectivity index (χ2n) is 18.3. The molecule has 2 aliphatic heterocycles. The summed E-state index contributed by atoms with van der Waals surface area (Å²) in [6.45, 7) is 2.51. The van der Waals surface area contributed by atoms with Crippen LogP contribution in [0.25, 0.3) is 0 Å². The van der Waals surface area contributed by atoms with Gasteiger partial charge in [-0.2, -0.15) is 0 Å². The number of aliphatic hydroxyl groups excluding tert-OH is 7. The molecule has 0 amide bonds. The third-order valence-electron chi connectivity index (χ3n) is 12.3. The lowest BCUT2D eigenvalue weighted by molar-refractivity contribution is -0.332. The number of aliphatic hydroxyl groups is 7. The molecule has 68 heavy (non-hydrogen) atoms. The molecule has 2 aliphatic rings. The van der Waals surface area contributed by atoms with Crippen LogP contribution in [-0.4, -0.2) is 142 Å². The molecule has 0 aromatic carbocycles. The van der Waals surface area contributed by atoms with E-state index in [9.17, 15) is 45.3 Å². The number of carbonyl (C=O) groups excluding carboxylic acids is 2. The van der Waals surface area contributed by atoms with Gasteiger partial charge in [0.15, 0.2) is 18.7 Å². The van der Waals surface area contributed by atoms with Gasteiger partial charge in [-0.1, -0.05) is 146 Å². The summed E-state index contributed by atoms with van der Waals surface area (Å²) in [5.41, 5.74) is 0. The molecule has 0 aromatic rings. The lowest BCUT2D eigenvalue weighted by Crippen LogP contribution is -2.61. The molecule has 0 radical (unpaired) electrons. The van der Waals surface area contributed by atoms with Crippen LogP contribution in [0.3, 0.4) is 0 Å². The Balaban J connectivity index is 1.83. The standard InChI is InChI=1S/C53H92O15/c1-3-5-7-9-11-13-15-17-19-20-22-24-26-28-30-32-34-36-45(56)66-41(38-63-44(55)35-33-31-29-27-25-23-21-18-16-14-12-10-8-6-4-2)39-64-52-51(62)49(60)47(58)43(68-52)40-65-53-50(61)48(59)46(57)42(37-54)67-53/h14,16-17,19,22,24,28,30,41-43,46-54,57-62H,3-13,15,18,20-21,23,25-27,29,31-40H2,1-2H3/b16-14+,19-17+,24-22+,30-28+/t41-,42+,43+,46-,47-,48?,49?,50?,51?,52+,53+/m1/s1. The molecule has 0 spiro atoms. The van der Waals surface area contributed by atoms with E-state index < -0.39 is 99.3 Å². The molecule has 2 fully saturated rings. The van der Waals surface area contributed by atoms with Crippen LogP contribution in [0, 0.1) is 0 Å². The van der Waals surface area contributed by atoms with Crippen molar-refractivity contribution in [1.29, 1.82) is 0 Å². The molecule has 4 unspecified atom stereocenters. The van der Waals surface area contributed by atoms with Crippen LogP contribution in [0.4, 0.5) is 0 Å². The molecule has 2 saturated heterocycles. The molecule has 0 bridgehead atoms. The Morgan fingerprint density at radius 1 is 0.471 bits per heavy atom. The van der Waals surface area contributed by atoms with Gasteiger partial charge in [-0.15, -0.1) is 0 Å². The topological polar surface area (TPSA) is 231 Å². The summed E-state index contributed by atoms with van der Waals surface area (Å²) >= 11 is 0. The average molecular weight is 969 g/mol. The fourth-order valence-electron chi connectivity index (χ4n) is 7.93. The van der Waals surface area contributed by atoms with E-state index in [1.807, 2.05) is 6.08 Å². The minimum absolute atomic E-state index is 0.0919. The van der Waals surface area contributed by atoms with Crippen molar-refractivity contribution in [3.05, 3.63) is 48.6 Å². The van der Waals surface area contributed by atoms with Crippen molar-refractivity contribution in [2.75, 3.05) is 26.4 Å². The maximum Gasteiger partial charge on any atom is 0.306 e. The first-order valence-corrected chi connectivity index (χ1v) is 26.2. The lowest BCUT2D eigenvalue weighted by atomic mass is 9.98. The van der Waals surface area contributed by atoms with Crippen LogP contribution < -0.4 is 0 Å². The van der Waals surface area contributed by atoms with E-state index in [4.69, 9.17) is 28.4 Å². The largest absolute Gasteiger partial charge is 0.462 e. The smallest absolute Gasteiger partial charge is 0.306 e. The normalized spacial score (nSPS) is 26.1. The Hall–Kier alpha value is -2.54. The van der Waals surface area contributed by atoms with Crippen LogP contribution in [0.15, 0.2) is 48.6 Å². The second-order valence-corrected chi connectivity index (χ2v) is 18.3. The summed E-state index contributed by atoms with van der Waals surface area (Å²) in [6, 6.07) is 0. The van der Waals surface area contributed by atoms with Crippen molar-refractivity contribution in [3.63, 3.8) is 0 Å². The monoisotopic (exact) mass is 969 g/mol. The molecular formula is C53H92O15. The number of esters is 2. The molecule has 7 N–H and O–H groups in total. The number of unbranched alkanes of at least 4 members (excludes halogenated alkanes) is 18. The van der Waals surface area contributed by atoms with Crippen molar-refractivity contribution in [2.45, 2.75) is 248 Å². The van der Waals surface area contributed by atoms with E-state index >= 15 is 0 Å². The van der Waals surface area contributed by atoms with Crippen LogP contribution in [0.5, 0.6) is 0 Å². The lowest BCUT2D eigenvalue weighted by Gasteiger charge is -2.42. The fraction of sp³-hybridized carbons (Fsp3) is 0.811. The zero-order chi connectivity index (χ0) is 49.6. The molecule has 2 heterocycles. The van der Waals surface area contributed by atoms with Gasteiger partial charge in [0.1, 0.15) is 55.4 Å². The van der Waals surface area contributed by atoms with Crippen LogP contribution in [0.2, 0.25) is 0 Å². The van der Waals surface area contributed by atoms with E-state index in [1.165, 1.54) is 83.5 Å². The van der Waals surface area contributed by atoms with Crippen molar-refractivity contribution in [3.8, 4) is 0 Å². The SMILES string of the molecule is CCCCCC/C=C/CCCCCCCCCC(=O)OC[C@H](CO[C@H]1O[C@@H](CO[C@H]2O[C@@H](CO)[C@@H](O)C(O)C2O)[C@@H](O)C(O)C1O)OC(=O)CCC/C=C/C/C=C/C/C=C/CCCCCCCC. The Labute approximate surface area is 408 Å². The number of hydrogen-bond acceptors (Lipinski definition) is 15. The molecule has 2 rings (SSSR count). The summed E-state index contributed by atoms with van der Waals surface area (Å²) < 4.78 is 33.5. The van der Waals surface area contributed by atoms with Gasteiger partial charge >= 0.3 is 11.9 Å². The summed E-state index contributed by atoms with van der Waals surface area (Å²) in [5.74, 6) is -0.991. The predicted octanol–water partition coefficient (Wildman–Crippen LogP) is 7.49. The molecule has 0 aromatic heterocycles. The highest BCUT2D eigenvalue weighted by atomic mass is 16.7. The third-order valence-corrected chi connectivity index (χ3v) is 12.3. The first-order chi connectivity index (χ1) is 33.0. The van der Waals surface area contributed by atoms with E-state index in [1.54, 1.807) is 0 Å². The van der Waals surface area contributed by atoms with E-state index in [0.717, 1.165) is 51.4 Å². The van der Waals surface area contributed by atoms with Crippen molar-refractivity contribution in [2.24, 2.45) is 0 Å². The van der Waals surface area contributed by atoms with Gasteiger partial charge in [-0.3, -0.25) is 9.59 Å². The predicted molar refractivity (Wildman–Crippen MR) is 261 cm³/mol. The fourth-order valence-corrected chi connectivity index (χ4v) is 7.93. The van der Waals surface area contributed by atoms with Gasteiger partial charge in [0.2, 0.25) is 0 Å². The van der Waals surface area contributed by atoms with Gasteiger partial charge in [0.05, 0.1) is 19.8 Å². The average Bonchev–Trinajstić information content (AvgIpc) is 3.33. The maximum atomic E-state index is 13.0. The number of hydrogen-bond donors (Lipinski definition) is 7. The molecule has 11 atom stereocenters. The summed E-state index contributed by atoms with van der Waals surface area (Å²) in [6.07, 6.45) is 27.1. The highest BCUT2D eigenvalue weighted by Gasteiger charge is 2.47. The summed E-state index contributed by atoms with van der Waals surface area (Å²) in [4.78, 5) is 25.7. The number of allylic oxidation sites excluding steroid dienone is 8. The van der Waals surface area contributed by atoms with E-state index in [-0.39, 0.29) is 19.4 Å². The highest BCUT2D eigenvalue weighted by Crippen LogP contribution is 2.26. The zero-order valence-corrected chi connectivity index (χ0v) is 41.6. The molecule has 0 saturated carbocycles. The molecule has 15 nitrogen and oxygen atoms in total. The summed E-state index contributed by atoms with van der Waals surface area (Å²) in [7, 11) is 0. The third kappa shape index (κ3) is 27.7. The van der Waals surface area contributed by atoms with Gasteiger partial charge in [-0.25, -0.2) is 0 Å². The highest BCUT2D eigenvalue weighted by molar-refractivity contribution is 5.70. The Kier molecular flexibility index (Phi) is 36.3. The first kappa shape index (κ1) is 61.6. The second kappa shape index (κ2) is 40.1. The quantitative estimate of drug-likeness (QED) is 0.0179. The molecule has 15 heteroatoms. The van der Waals surface area contributed by atoms with Crippen molar-refractivity contribution >= 4 is 11.9 Å². The molecular weight excluding hydrogens is 877 g/mol. The van der Waals surface area contributed by atoms with Gasteiger partial charge < -0.3 is 64.2 Å². The van der Waals surface area contributed by atoms with Crippen LogP contribution in [0.1, 0.15) is 181 Å². The number of rotatable bonds is 40. The van der Waals surface area contributed by atoms with E-state index in [0.29, 0.717) is 19.3 Å². The minimum atomic E-state index is -1.77. The Morgan fingerprint density at radius 3 is 1.46 bits per heavy atom. The maximum absolute atomic E-state index is 13.0. The molecule has 0 aliphatic carbocycles. The number of carbonyl (C=O) groups is 2. The van der Waals surface area contributed by atoms with Gasteiger partial charge in [0, 0.05) is 12.8 Å². The van der Waals surface area contributed by atoms with Gasteiger partial charge in [0.25, 0.3) is 0 Å². The van der Waals surface area contributed by atoms with E-state index in [2.05, 4.69) is 56.4 Å². The minimum Gasteiger partial charge on any atom is -0.462 e. The Morgan fingerprint density at radius 2 is 0.897 bits per heavy atom. The molecule has 394 valence electrons. The van der Waals surface area contributed by atoms with Crippen molar-refractivity contribution < 1.29 is 73.8 Å². The Bertz CT molecular complexity index is 1370. The van der Waals surface area contributed by atoms with Gasteiger partial charge in [-0.05, 0) is 70.6 Å². The van der Waals surface area contributed by atoms with Crippen LogP contribution in [-0.2, 0) is 38.0 Å². The zero-order valence-electron chi connectivity index (χ0n) is 41.6. The van der Waals surface area contributed by atoms with Crippen molar-refractivity contribution in [1.82, 2.24) is 0 Å². The first-order valence-electron chi connectivity index (χ1n) is 26.2. The summed E-state index contributed by atoms with van der Waals surface area (Å²) in [5, 5.41) is 72.1. The van der Waals surface area contributed by atoms with Crippen LogP contribution >= 0.6 is 0 Å². The number of ether oxygens (including phenoxy) is 6.